The van der Waals surface area contributed by atoms with Gasteiger partial charge >= 0.3 is 0 Å². The van der Waals surface area contributed by atoms with Crippen molar-refractivity contribution in [1.29, 1.82) is 0 Å². The van der Waals surface area contributed by atoms with Gasteiger partial charge in [0, 0.05) is 17.5 Å². The minimum atomic E-state index is -0.749. The first-order valence-corrected chi connectivity index (χ1v) is 11.4. The molecule has 2 amide bonds. The number of carbonyl (C=O) groups is 2. The van der Waals surface area contributed by atoms with Gasteiger partial charge in [-0.05, 0) is 79.3 Å². The van der Waals surface area contributed by atoms with Gasteiger partial charge in [-0.25, -0.2) is 0 Å². The van der Waals surface area contributed by atoms with E-state index in [4.69, 9.17) is 33.3 Å². The third-order valence-corrected chi connectivity index (χ3v) is 5.22. The zero-order valence-electron chi connectivity index (χ0n) is 19.1. The van der Waals surface area contributed by atoms with E-state index in [-0.39, 0.29) is 16.9 Å². The Morgan fingerprint density at radius 1 is 0.943 bits per heavy atom. The average molecular weight is 510 g/mol. The summed E-state index contributed by atoms with van der Waals surface area (Å²) in [4.78, 5) is 24.5. The summed E-state index contributed by atoms with van der Waals surface area (Å²) in [7, 11) is 1.59. The highest BCUT2D eigenvalue weighted by molar-refractivity contribution is 7.80. The third kappa shape index (κ3) is 8.13. The third-order valence-electron chi connectivity index (χ3n) is 4.70. The molecule has 0 fully saturated rings. The molecule has 0 aliphatic carbocycles. The normalized spacial score (nSPS) is 11.4. The van der Waals surface area contributed by atoms with Gasteiger partial charge in [-0.2, -0.15) is 0 Å². The van der Waals surface area contributed by atoms with Crippen molar-refractivity contribution in [3.63, 3.8) is 0 Å². The summed E-state index contributed by atoms with van der Waals surface area (Å²) < 4.78 is 10.7. The molecule has 0 aromatic heterocycles. The summed E-state index contributed by atoms with van der Waals surface area (Å²) in [6, 6.07) is 21.1. The van der Waals surface area contributed by atoms with Gasteiger partial charge in [0.1, 0.15) is 11.5 Å². The van der Waals surface area contributed by atoms with Crippen molar-refractivity contribution in [2.45, 2.75) is 13.0 Å². The SMILES string of the molecule is COc1ccc(/C=C/C(=O)NC(=S)Nc2ccc(NC(=O)C(C)Oc3ccccc3Cl)cc2)cc1. The molecule has 1 atom stereocenters. The Labute approximate surface area is 214 Å². The number of nitrogens with one attached hydrogen (secondary N) is 3. The van der Waals surface area contributed by atoms with Crippen LogP contribution in [0.2, 0.25) is 5.02 Å². The highest BCUT2D eigenvalue weighted by atomic mass is 35.5. The van der Waals surface area contributed by atoms with Crippen LogP contribution in [0.4, 0.5) is 11.4 Å². The minimum Gasteiger partial charge on any atom is -0.497 e. The maximum absolute atomic E-state index is 12.4. The quantitative estimate of drug-likeness (QED) is 0.283. The Morgan fingerprint density at radius 3 is 2.20 bits per heavy atom. The van der Waals surface area contributed by atoms with E-state index in [1.807, 2.05) is 24.3 Å². The molecule has 3 N–H and O–H groups in total. The van der Waals surface area contributed by atoms with Crippen molar-refractivity contribution in [1.82, 2.24) is 5.32 Å². The standard InChI is InChI=1S/C26H24ClN3O4S/c1-17(34-23-6-4-3-5-22(23)27)25(32)28-19-10-12-20(13-11-19)29-26(35)30-24(31)16-9-18-7-14-21(33-2)15-8-18/h3-17H,1-2H3,(H,28,32)(H2,29,30,31,35)/b16-9+. The van der Waals surface area contributed by atoms with Crippen LogP contribution in [0.15, 0.2) is 78.9 Å². The first-order chi connectivity index (χ1) is 16.8. The van der Waals surface area contributed by atoms with Crippen molar-refractivity contribution < 1.29 is 19.1 Å². The fourth-order valence-corrected chi connectivity index (χ4v) is 3.27. The summed E-state index contributed by atoms with van der Waals surface area (Å²) in [5.41, 5.74) is 2.07. The molecule has 35 heavy (non-hydrogen) atoms. The predicted octanol–water partition coefficient (Wildman–Crippen LogP) is 5.28. The fraction of sp³-hybridized carbons (Fsp3) is 0.115. The molecule has 0 saturated heterocycles. The predicted molar refractivity (Wildman–Crippen MR) is 143 cm³/mol. The number of carbonyl (C=O) groups excluding carboxylic acids is 2. The van der Waals surface area contributed by atoms with Gasteiger partial charge in [-0.3, -0.25) is 14.9 Å². The topological polar surface area (TPSA) is 88.7 Å². The molecule has 0 aliphatic rings. The average Bonchev–Trinajstić information content (AvgIpc) is 2.85. The van der Waals surface area contributed by atoms with E-state index in [1.165, 1.54) is 6.08 Å². The van der Waals surface area contributed by atoms with Crippen LogP contribution in [0.25, 0.3) is 6.08 Å². The van der Waals surface area contributed by atoms with Gasteiger partial charge in [0.25, 0.3) is 5.91 Å². The maximum Gasteiger partial charge on any atom is 0.265 e. The van der Waals surface area contributed by atoms with E-state index in [1.54, 1.807) is 68.6 Å². The van der Waals surface area contributed by atoms with Crippen LogP contribution in [0.3, 0.4) is 0 Å². The second kappa shape index (κ2) is 12.5. The van der Waals surface area contributed by atoms with Crippen LogP contribution in [-0.4, -0.2) is 30.1 Å². The van der Waals surface area contributed by atoms with Crippen LogP contribution in [0.5, 0.6) is 11.5 Å². The van der Waals surface area contributed by atoms with E-state index >= 15 is 0 Å². The molecule has 0 aliphatic heterocycles. The molecule has 3 aromatic carbocycles. The zero-order valence-corrected chi connectivity index (χ0v) is 20.7. The summed E-state index contributed by atoms with van der Waals surface area (Å²) >= 11 is 11.3. The molecule has 0 bridgehead atoms. The Balaban J connectivity index is 1.46. The summed E-state index contributed by atoms with van der Waals surface area (Å²) in [6.45, 7) is 1.64. The molecule has 1 unspecified atom stereocenters. The monoisotopic (exact) mass is 509 g/mol. The number of amides is 2. The van der Waals surface area contributed by atoms with Gasteiger partial charge < -0.3 is 20.1 Å². The number of hydrogen-bond acceptors (Lipinski definition) is 5. The van der Waals surface area contributed by atoms with Gasteiger partial charge in [-0.1, -0.05) is 35.9 Å². The van der Waals surface area contributed by atoms with E-state index in [9.17, 15) is 9.59 Å². The number of anilines is 2. The van der Waals surface area contributed by atoms with E-state index in [2.05, 4.69) is 16.0 Å². The Hall–Kier alpha value is -3.88. The summed E-state index contributed by atoms with van der Waals surface area (Å²) in [5.74, 6) is 0.486. The molecule has 3 aromatic rings. The van der Waals surface area contributed by atoms with Crippen LogP contribution < -0.4 is 25.4 Å². The van der Waals surface area contributed by atoms with Gasteiger partial charge in [-0.15, -0.1) is 0 Å². The van der Waals surface area contributed by atoms with Crippen LogP contribution in [0.1, 0.15) is 12.5 Å². The number of hydrogen-bond donors (Lipinski definition) is 3. The number of rotatable bonds is 8. The summed E-state index contributed by atoms with van der Waals surface area (Å²) in [6.07, 6.45) is 2.31. The Kier molecular flexibility index (Phi) is 9.23. The van der Waals surface area contributed by atoms with Crippen molar-refractivity contribution >= 4 is 58.2 Å². The lowest BCUT2D eigenvalue weighted by Gasteiger charge is -2.16. The van der Waals surface area contributed by atoms with Gasteiger partial charge in [0.2, 0.25) is 5.91 Å². The Morgan fingerprint density at radius 2 is 1.57 bits per heavy atom. The minimum absolute atomic E-state index is 0.146. The number of benzene rings is 3. The maximum atomic E-state index is 12.4. The second-order valence-corrected chi connectivity index (χ2v) is 8.12. The molecule has 7 nitrogen and oxygen atoms in total. The van der Waals surface area contributed by atoms with Gasteiger partial charge in [0.15, 0.2) is 11.2 Å². The van der Waals surface area contributed by atoms with Gasteiger partial charge in [0.05, 0.1) is 12.1 Å². The Bertz CT molecular complexity index is 1210. The first-order valence-electron chi connectivity index (χ1n) is 10.6. The molecular weight excluding hydrogens is 486 g/mol. The molecule has 180 valence electrons. The van der Waals surface area contributed by atoms with Crippen molar-refractivity contribution in [2.24, 2.45) is 0 Å². The molecular formula is C26H24ClN3O4S. The largest absolute Gasteiger partial charge is 0.497 e. The molecule has 0 spiro atoms. The van der Waals surface area contributed by atoms with E-state index in [0.29, 0.717) is 22.1 Å². The molecule has 0 radical (unpaired) electrons. The first kappa shape index (κ1) is 25.7. The van der Waals surface area contributed by atoms with E-state index in [0.717, 1.165) is 11.3 Å². The lowest BCUT2D eigenvalue weighted by Crippen LogP contribution is -2.32. The number of ether oxygens (including phenoxy) is 2. The smallest absolute Gasteiger partial charge is 0.265 e. The highest BCUT2D eigenvalue weighted by Gasteiger charge is 2.16. The molecule has 0 saturated carbocycles. The number of para-hydroxylation sites is 1. The van der Waals surface area contributed by atoms with Crippen LogP contribution >= 0.6 is 23.8 Å². The molecule has 9 heteroatoms. The number of thiocarbonyl (C=S) groups is 1. The number of methoxy groups -OCH3 is 1. The molecule has 0 heterocycles. The van der Waals surface area contributed by atoms with Crippen LogP contribution in [0, 0.1) is 0 Å². The highest BCUT2D eigenvalue weighted by Crippen LogP contribution is 2.24. The second-order valence-electron chi connectivity index (χ2n) is 7.31. The van der Waals surface area contributed by atoms with Crippen LogP contribution in [-0.2, 0) is 9.59 Å². The van der Waals surface area contributed by atoms with Crippen molar-refractivity contribution in [3.8, 4) is 11.5 Å². The lowest BCUT2D eigenvalue weighted by atomic mass is 10.2. The van der Waals surface area contributed by atoms with E-state index < -0.39 is 6.10 Å². The lowest BCUT2D eigenvalue weighted by molar-refractivity contribution is -0.122. The van der Waals surface area contributed by atoms with Crippen molar-refractivity contribution in [3.05, 3.63) is 89.5 Å². The van der Waals surface area contributed by atoms with Crippen molar-refractivity contribution in [2.75, 3.05) is 17.7 Å². The molecule has 3 rings (SSSR count). The summed E-state index contributed by atoms with van der Waals surface area (Å²) in [5, 5.41) is 8.87. The fourth-order valence-electron chi connectivity index (χ4n) is 2.87. The number of halogens is 1. The zero-order chi connectivity index (χ0) is 25.2.